The maximum absolute atomic E-state index is 13.3. The van der Waals surface area contributed by atoms with Gasteiger partial charge < -0.3 is 15.2 Å². The van der Waals surface area contributed by atoms with E-state index in [1.807, 2.05) is 49.6 Å². The van der Waals surface area contributed by atoms with E-state index in [0.29, 0.717) is 36.3 Å². The average molecular weight is 713 g/mol. The molecule has 2 aromatic rings. The molecule has 3 atom stereocenters. The normalized spacial score (nSPS) is 18.1. The lowest BCUT2D eigenvalue weighted by Crippen LogP contribution is -2.41. The zero-order valence-electron chi connectivity index (χ0n) is 33.4. The number of ether oxygens (including phenoxy) is 1. The Labute approximate surface area is 310 Å². The van der Waals surface area contributed by atoms with E-state index in [4.69, 9.17) is 4.74 Å². The summed E-state index contributed by atoms with van der Waals surface area (Å²) >= 11 is 1.56. The van der Waals surface area contributed by atoms with Gasteiger partial charge in [-0.05, 0) is 83.9 Å². The van der Waals surface area contributed by atoms with Gasteiger partial charge in [-0.25, -0.2) is 4.79 Å². The van der Waals surface area contributed by atoms with Crippen LogP contribution in [0, 0.1) is 24.7 Å². The number of carboxylic acid groups (broad SMARTS) is 1. The first-order valence-corrected chi connectivity index (χ1v) is 20.8. The summed E-state index contributed by atoms with van der Waals surface area (Å²) in [5.74, 6) is 1.85. The Morgan fingerprint density at radius 1 is 0.980 bits per heavy atom. The number of benzene rings is 2. The highest BCUT2D eigenvalue weighted by Gasteiger charge is 2.30. The van der Waals surface area contributed by atoms with Crippen molar-refractivity contribution in [2.24, 2.45) is 17.8 Å². The number of rotatable bonds is 13. The smallest absolute Gasteiger partial charge is 0.326 e. The molecule has 0 radical (unpaired) electrons. The summed E-state index contributed by atoms with van der Waals surface area (Å²) in [6, 6.07) is 13.4. The number of nitrogens with one attached hydrogen (secondary N) is 1. The maximum atomic E-state index is 13.3. The molecule has 284 valence electrons. The Morgan fingerprint density at radius 2 is 1.64 bits per heavy atom. The van der Waals surface area contributed by atoms with Crippen LogP contribution in [0.5, 0.6) is 0 Å². The van der Waals surface area contributed by atoms with Gasteiger partial charge in [0.15, 0.2) is 0 Å². The second-order valence-electron chi connectivity index (χ2n) is 14.9. The first-order chi connectivity index (χ1) is 23.9. The number of carbonyl (C=O) groups is 2. The van der Waals surface area contributed by atoms with Crippen molar-refractivity contribution in [1.82, 2.24) is 10.2 Å². The summed E-state index contributed by atoms with van der Waals surface area (Å²) in [4.78, 5) is 27.4. The summed E-state index contributed by atoms with van der Waals surface area (Å²) in [6.07, 6.45) is 14.8. The average Bonchev–Trinajstić information content (AvgIpc) is 3.42. The molecule has 1 aliphatic heterocycles. The molecule has 0 aromatic heterocycles. The first kappa shape index (κ1) is 45.7. The molecule has 2 N–H and O–H groups in total. The SMILES string of the molecule is CC1CCCCC1.CCC.CCCC(C)C.COCC1CC(C)CN1Cc1ccc(C(=O)NC(CCSC)C(=O)O)c(-c2ccccc2C)c1. The van der Waals surface area contributed by atoms with E-state index in [0.717, 1.165) is 53.6 Å². The number of amides is 1. The molecule has 4 rings (SSSR count). The Hall–Kier alpha value is -2.35. The number of nitrogens with zero attached hydrogens (tertiary/aromatic N) is 1. The van der Waals surface area contributed by atoms with Crippen molar-refractivity contribution in [1.29, 1.82) is 0 Å². The molecule has 1 amide bonds. The lowest BCUT2D eigenvalue weighted by Gasteiger charge is -2.24. The molecule has 7 heteroatoms. The second kappa shape index (κ2) is 26.4. The van der Waals surface area contributed by atoms with Crippen molar-refractivity contribution in [3.05, 3.63) is 59.2 Å². The molecule has 0 spiro atoms. The molecule has 1 saturated carbocycles. The third-order valence-electron chi connectivity index (χ3n) is 9.22. The Balaban J connectivity index is 0.000000642. The van der Waals surface area contributed by atoms with Crippen LogP contribution in [-0.2, 0) is 16.1 Å². The number of likely N-dealkylation sites (tertiary alicyclic amines) is 1. The van der Waals surface area contributed by atoms with Gasteiger partial charge in [0, 0.05) is 31.8 Å². The lowest BCUT2D eigenvalue weighted by atomic mass is 9.91. The summed E-state index contributed by atoms with van der Waals surface area (Å²) in [7, 11) is 1.74. The number of aryl methyl sites for hydroxylation is 1. The van der Waals surface area contributed by atoms with Crippen LogP contribution in [0.4, 0.5) is 0 Å². The zero-order valence-corrected chi connectivity index (χ0v) is 34.2. The van der Waals surface area contributed by atoms with E-state index in [9.17, 15) is 14.7 Å². The van der Waals surface area contributed by atoms with Gasteiger partial charge in [-0.3, -0.25) is 9.69 Å². The number of methoxy groups -OCH3 is 1. The van der Waals surface area contributed by atoms with Gasteiger partial charge in [0.25, 0.3) is 5.91 Å². The summed E-state index contributed by atoms with van der Waals surface area (Å²) in [5.41, 5.74) is 4.50. The predicted octanol–water partition coefficient (Wildman–Crippen LogP) is 10.9. The van der Waals surface area contributed by atoms with Crippen LogP contribution in [-0.4, -0.2) is 66.2 Å². The van der Waals surface area contributed by atoms with E-state index in [1.54, 1.807) is 18.9 Å². The number of carboxylic acids is 1. The van der Waals surface area contributed by atoms with Gasteiger partial charge in [-0.15, -0.1) is 0 Å². The van der Waals surface area contributed by atoms with E-state index < -0.39 is 12.0 Å². The predicted molar refractivity (Wildman–Crippen MR) is 216 cm³/mol. The highest BCUT2D eigenvalue weighted by atomic mass is 32.2. The van der Waals surface area contributed by atoms with Crippen LogP contribution < -0.4 is 5.32 Å². The summed E-state index contributed by atoms with van der Waals surface area (Å²) < 4.78 is 5.44. The van der Waals surface area contributed by atoms with Crippen molar-refractivity contribution >= 4 is 23.6 Å². The van der Waals surface area contributed by atoms with Crippen LogP contribution in [0.1, 0.15) is 134 Å². The minimum Gasteiger partial charge on any atom is -0.480 e. The number of thioether (sulfide) groups is 1. The molecule has 1 heterocycles. The molecular formula is C43H72N2O4S. The fraction of sp³-hybridized carbons (Fsp3) is 0.674. The van der Waals surface area contributed by atoms with Crippen molar-refractivity contribution in [3.63, 3.8) is 0 Å². The van der Waals surface area contributed by atoms with Crippen LogP contribution in [0.15, 0.2) is 42.5 Å². The van der Waals surface area contributed by atoms with Crippen LogP contribution in [0.2, 0.25) is 0 Å². The molecule has 3 unspecified atom stereocenters. The molecule has 1 saturated heterocycles. The molecule has 2 aromatic carbocycles. The molecule has 2 fully saturated rings. The monoisotopic (exact) mass is 713 g/mol. The Morgan fingerprint density at radius 3 is 2.14 bits per heavy atom. The van der Waals surface area contributed by atoms with Gasteiger partial charge >= 0.3 is 5.97 Å². The number of aliphatic carboxylic acids is 1. The van der Waals surface area contributed by atoms with Crippen LogP contribution >= 0.6 is 11.8 Å². The van der Waals surface area contributed by atoms with E-state index in [-0.39, 0.29) is 5.91 Å². The lowest BCUT2D eigenvalue weighted by molar-refractivity contribution is -0.139. The van der Waals surface area contributed by atoms with Crippen molar-refractivity contribution in [3.8, 4) is 11.1 Å². The third-order valence-corrected chi connectivity index (χ3v) is 9.86. The summed E-state index contributed by atoms with van der Waals surface area (Å²) in [6.45, 7) is 20.1. The largest absolute Gasteiger partial charge is 0.480 e. The molecule has 6 nitrogen and oxygen atoms in total. The highest BCUT2D eigenvalue weighted by molar-refractivity contribution is 7.98. The maximum Gasteiger partial charge on any atom is 0.326 e. The molecule has 2 aliphatic rings. The van der Waals surface area contributed by atoms with Gasteiger partial charge in [-0.1, -0.05) is 130 Å². The van der Waals surface area contributed by atoms with Crippen LogP contribution in [0.25, 0.3) is 11.1 Å². The van der Waals surface area contributed by atoms with Gasteiger partial charge in [-0.2, -0.15) is 11.8 Å². The van der Waals surface area contributed by atoms with Gasteiger partial charge in [0.1, 0.15) is 6.04 Å². The Kier molecular flexibility index (Phi) is 24.1. The van der Waals surface area contributed by atoms with Gasteiger partial charge in [0.05, 0.1) is 6.61 Å². The van der Waals surface area contributed by atoms with E-state index >= 15 is 0 Å². The van der Waals surface area contributed by atoms with E-state index in [1.165, 1.54) is 51.4 Å². The molecule has 50 heavy (non-hydrogen) atoms. The molecular weight excluding hydrogens is 641 g/mol. The molecule has 1 aliphatic carbocycles. The minimum absolute atomic E-state index is 0.356. The number of carbonyl (C=O) groups excluding carboxylic acids is 1. The third kappa shape index (κ3) is 17.7. The topological polar surface area (TPSA) is 78.9 Å². The zero-order chi connectivity index (χ0) is 37.5. The quantitative estimate of drug-likeness (QED) is 0.215. The minimum atomic E-state index is -1.01. The summed E-state index contributed by atoms with van der Waals surface area (Å²) in [5, 5.41) is 12.3. The van der Waals surface area contributed by atoms with Crippen molar-refractivity contribution < 1.29 is 19.4 Å². The van der Waals surface area contributed by atoms with Gasteiger partial charge in [0.2, 0.25) is 0 Å². The highest BCUT2D eigenvalue weighted by Crippen LogP contribution is 2.31. The van der Waals surface area contributed by atoms with Crippen LogP contribution in [0.3, 0.4) is 0 Å². The first-order valence-electron chi connectivity index (χ1n) is 19.4. The fourth-order valence-corrected chi connectivity index (χ4v) is 7.10. The van der Waals surface area contributed by atoms with Crippen molar-refractivity contribution in [2.45, 2.75) is 138 Å². The number of hydrogen-bond donors (Lipinski definition) is 2. The number of hydrogen-bond acceptors (Lipinski definition) is 5. The van der Waals surface area contributed by atoms with Crippen molar-refractivity contribution in [2.75, 3.05) is 32.3 Å². The fourth-order valence-electron chi connectivity index (χ4n) is 6.63. The second-order valence-corrected chi connectivity index (χ2v) is 15.8. The Bertz CT molecular complexity index is 1210. The standard InChI is InChI=1S/C27H36N2O4S.C7H14.C6H14.C3H8/c1-18-13-21(17-33-3)29(15-18)16-20-9-10-23(24(14-20)22-8-6-5-7-19(22)2)26(30)28-25(27(31)32)11-12-34-4;1-7-5-3-2-4-6-7;1-4-5-6(2)3;1-3-2/h5-10,14,18,21,25H,11-13,15-17H2,1-4H3,(H,28,30)(H,31,32);7H,2-6H2,1H3;6H,4-5H2,1-3H3;3H2,1-2H3. The molecule has 0 bridgehead atoms. The van der Waals surface area contributed by atoms with E-state index in [2.05, 4.69) is 64.7 Å².